The van der Waals surface area contributed by atoms with E-state index in [9.17, 15) is 0 Å². The van der Waals surface area contributed by atoms with Crippen LogP contribution < -0.4 is 0 Å². The van der Waals surface area contributed by atoms with E-state index in [2.05, 4.69) is 0 Å². The van der Waals surface area contributed by atoms with Gasteiger partial charge in [0.15, 0.2) is 0 Å². The van der Waals surface area contributed by atoms with Gasteiger partial charge in [-0.15, -0.1) is 0 Å². The smallest absolute Gasteiger partial charge is 0.104 e. The molecule has 0 N–H and O–H groups in total. The average molecular weight is 386 g/mol. The van der Waals surface area contributed by atoms with Gasteiger partial charge in [-0.1, -0.05) is 0 Å². The second-order valence-electron chi connectivity index (χ2n) is 5.20. The van der Waals surface area contributed by atoms with Crippen molar-refractivity contribution in [3.05, 3.63) is 0 Å². The maximum absolute atomic E-state index is 7.28. The normalized spacial score (nSPS) is 17.6. The van der Waals surface area contributed by atoms with Crippen molar-refractivity contribution in [1.82, 2.24) is 0 Å². The van der Waals surface area contributed by atoms with Crippen molar-refractivity contribution in [2.45, 2.75) is 52.8 Å². The summed E-state index contributed by atoms with van der Waals surface area (Å²) in [6.45, 7) is 3.81. The van der Waals surface area contributed by atoms with Crippen molar-refractivity contribution < 1.29 is 40.0 Å². The molecule has 158 valence electrons. The van der Waals surface area contributed by atoms with Gasteiger partial charge in [0.1, 0.15) is 18.3 Å². The molecule has 0 aliphatic heterocycles. The number of ether oxygens (including phenoxy) is 7. The van der Waals surface area contributed by atoms with Gasteiger partial charge in [0.2, 0.25) is 0 Å². The highest BCUT2D eigenvalue weighted by Crippen LogP contribution is 2.02. The summed E-state index contributed by atoms with van der Waals surface area (Å²) < 4.78 is 74.7. The molecule has 7 nitrogen and oxygen atoms in total. The van der Waals surface area contributed by atoms with E-state index in [0.717, 1.165) is 0 Å². The molecule has 0 aromatic heterocycles. The second kappa shape index (κ2) is 19.5. The molecule has 0 aliphatic rings. The largest absolute Gasteiger partial charge is 0.379 e. The molecule has 0 aromatic rings. The monoisotopic (exact) mass is 385 g/mol. The topological polar surface area (TPSA) is 64.6 Å². The third-order valence-corrected chi connectivity index (χ3v) is 3.17. The van der Waals surface area contributed by atoms with Gasteiger partial charge in [-0.3, -0.25) is 0 Å². The Morgan fingerprint density at radius 1 is 0.462 bits per heavy atom. The highest BCUT2D eigenvalue weighted by atomic mass is 16.6. The fourth-order valence-electron chi connectivity index (χ4n) is 2.02. The molecule has 0 saturated carbocycles. The molecule has 0 radical (unpaired) electrons. The lowest BCUT2D eigenvalue weighted by molar-refractivity contribution is -0.105. The third kappa shape index (κ3) is 14.8. The molecular formula is C19H40O7. The zero-order valence-electron chi connectivity index (χ0n) is 20.9. The summed E-state index contributed by atoms with van der Waals surface area (Å²) in [5, 5.41) is 0. The molecule has 0 fully saturated rings. The second-order valence-corrected chi connectivity index (χ2v) is 5.20. The van der Waals surface area contributed by atoms with Crippen molar-refractivity contribution in [3.63, 3.8) is 0 Å². The quantitative estimate of drug-likeness (QED) is 0.298. The molecule has 7 heteroatoms. The molecule has 0 aliphatic carbocycles. The summed E-state index contributed by atoms with van der Waals surface area (Å²) in [6, 6.07) is 0. The van der Waals surface area contributed by atoms with Crippen LogP contribution in [0.1, 0.15) is 41.4 Å². The van der Waals surface area contributed by atoms with Gasteiger partial charge in [-0.2, -0.15) is 0 Å². The van der Waals surface area contributed by atoms with E-state index in [0.29, 0.717) is 26.4 Å². The molecule has 2 atom stereocenters. The zero-order chi connectivity index (χ0) is 23.0. The van der Waals surface area contributed by atoms with Crippen LogP contribution in [-0.2, 0) is 33.2 Å². The van der Waals surface area contributed by atoms with Gasteiger partial charge in [-0.25, -0.2) is 0 Å². The standard InChI is InChI=1S/C19H40O7/c1-6-20-11-17(24-8-3)13-22-15-19(26-10-5)16-23-14-18(25-9-4)12-21-7-2/h17-19H,6-16H2,1-5H3/i1D,2D,3D,4D,5D. The lowest BCUT2D eigenvalue weighted by Gasteiger charge is -2.22. The van der Waals surface area contributed by atoms with E-state index < -0.39 is 0 Å². The first-order valence-corrected chi connectivity index (χ1v) is 8.83. The number of hydrogen-bond acceptors (Lipinski definition) is 7. The van der Waals surface area contributed by atoms with Gasteiger partial charge in [-0.05, 0) is 34.5 Å². The molecule has 0 bridgehead atoms. The minimum Gasteiger partial charge on any atom is -0.379 e. The molecule has 0 spiro atoms. The summed E-state index contributed by atoms with van der Waals surface area (Å²) in [7, 11) is 0. The fourth-order valence-corrected chi connectivity index (χ4v) is 2.02. The minimum atomic E-state index is -0.373. The van der Waals surface area contributed by atoms with Crippen LogP contribution in [0, 0.1) is 0 Å². The Morgan fingerprint density at radius 2 is 0.769 bits per heavy atom. The summed E-state index contributed by atoms with van der Waals surface area (Å²) in [4.78, 5) is 0. The van der Waals surface area contributed by atoms with E-state index in [-0.39, 0.29) is 99.1 Å². The van der Waals surface area contributed by atoms with Crippen molar-refractivity contribution in [3.8, 4) is 0 Å². The number of rotatable bonds is 20. The van der Waals surface area contributed by atoms with Crippen molar-refractivity contribution in [2.24, 2.45) is 0 Å². The lowest BCUT2D eigenvalue weighted by Crippen LogP contribution is -2.33. The summed E-state index contributed by atoms with van der Waals surface area (Å²) in [5.74, 6) is 0. The van der Waals surface area contributed by atoms with E-state index >= 15 is 0 Å². The van der Waals surface area contributed by atoms with Crippen LogP contribution in [0.2, 0.25) is 0 Å². The van der Waals surface area contributed by atoms with Crippen LogP contribution >= 0.6 is 0 Å². The molecule has 26 heavy (non-hydrogen) atoms. The molecule has 0 aromatic carbocycles. The van der Waals surface area contributed by atoms with Gasteiger partial charge in [0, 0.05) is 39.9 Å². The predicted octanol–water partition coefficient (Wildman–Crippen LogP) is 2.31. The van der Waals surface area contributed by atoms with Crippen LogP contribution in [-0.4, -0.2) is 91.0 Å². The minimum absolute atomic E-state index is 0.128. The van der Waals surface area contributed by atoms with E-state index in [1.807, 2.05) is 0 Å². The van der Waals surface area contributed by atoms with Gasteiger partial charge in [0.05, 0.1) is 39.6 Å². The fraction of sp³-hybridized carbons (Fsp3) is 1.00. The molecule has 2 unspecified atom stereocenters. The Hall–Kier alpha value is -0.280. The summed E-state index contributed by atoms with van der Waals surface area (Å²) >= 11 is 0. The lowest BCUT2D eigenvalue weighted by atomic mass is 10.3. The highest BCUT2D eigenvalue weighted by molar-refractivity contribution is 4.61. The first-order chi connectivity index (χ1) is 15.2. The molecule has 0 amide bonds. The van der Waals surface area contributed by atoms with Crippen molar-refractivity contribution >= 4 is 0 Å². The summed E-state index contributed by atoms with van der Waals surface area (Å²) in [6.07, 6.45) is -1.03. The molecule has 0 rings (SSSR count). The van der Waals surface area contributed by atoms with Crippen LogP contribution in [0.4, 0.5) is 0 Å². The average Bonchev–Trinajstić information content (AvgIpc) is 2.78. The Kier molecular flexibility index (Phi) is 13.3. The number of hydrogen-bond donors (Lipinski definition) is 0. The maximum atomic E-state index is 7.28. The first-order valence-electron chi connectivity index (χ1n) is 12.4. The van der Waals surface area contributed by atoms with E-state index in [1.165, 1.54) is 0 Å². The third-order valence-electron chi connectivity index (χ3n) is 3.17. The SMILES string of the molecule is [2H]CCOCC(COCC(COCC(COCC[2H])OCC[2H])OCC[2H])OCC[2H]. The molecular weight excluding hydrogens is 340 g/mol. The summed E-state index contributed by atoms with van der Waals surface area (Å²) in [5.41, 5.74) is 0. The van der Waals surface area contributed by atoms with Gasteiger partial charge >= 0.3 is 0 Å². The zero-order valence-corrected chi connectivity index (χ0v) is 15.9. The highest BCUT2D eigenvalue weighted by Gasteiger charge is 2.15. The van der Waals surface area contributed by atoms with Crippen LogP contribution in [0.15, 0.2) is 0 Å². The van der Waals surface area contributed by atoms with Gasteiger partial charge in [0.25, 0.3) is 0 Å². The van der Waals surface area contributed by atoms with Crippen LogP contribution in [0.3, 0.4) is 0 Å². The van der Waals surface area contributed by atoms with Crippen molar-refractivity contribution in [2.75, 3.05) is 72.7 Å². The van der Waals surface area contributed by atoms with E-state index in [1.54, 1.807) is 0 Å². The van der Waals surface area contributed by atoms with Crippen molar-refractivity contribution in [1.29, 1.82) is 0 Å². The molecule has 0 heterocycles. The van der Waals surface area contributed by atoms with Crippen LogP contribution in [0.25, 0.3) is 0 Å². The Morgan fingerprint density at radius 3 is 1.08 bits per heavy atom. The first kappa shape index (κ1) is 17.8. The Bertz CT molecular complexity index is 334. The molecule has 0 saturated heterocycles. The maximum Gasteiger partial charge on any atom is 0.104 e. The van der Waals surface area contributed by atoms with Crippen LogP contribution in [0.5, 0.6) is 0 Å². The predicted molar refractivity (Wildman–Crippen MR) is 101 cm³/mol. The Labute approximate surface area is 166 Å². The van der Waals surface area contributed by atoms with E-state index in [4.69, 9.17) is 40.0 Å². The Balaban J connectivity index is 4.38. The van der Waals surface area contributed by atoms with Gasteiger partial charge < -0.3 is 33.2 Å².